The van der Waals surface area contributed by atoms with E-state index in [0.29, 0.717) is 12.5 Å². The van der Waals surface area contributed by atoms with Crippen molar-refractivity contribution >= 4 is 10.9 Å². The molecular formula is C16H24N2O. The van der Waals surface area contributed by atoms with Crippen LogP contribution < -0.4 is 5.32 Å². The van der Waals surface area contributed by atoms with E-state index in [-0.39, 0.29) is 0 Å². The lowest BCUT2D eigenvalue weighted by Crippen LogP contribution is -2.23. The molecule has 1 aromatic heterocycles. The molecule has 0 spiro atoms. The first kappa shape index (κ1) is 14.1. The summed E-state index contributed by atoms with van der Waals surface area (Å²) in [6, 6.07) is 8.61. The Bertz CT molecular complexity index is 486. The number of aliphatic hydroxyl groups excluding tert-OH is 1. The number of hydrogen-bond acceptors (Lipinski definition) is 2. The SMILES string of the molecule is CCCC(CCO)CNCc1ccc2[nH]ccc2c1. The van der Waals surface area contributed by atoms with Gasteiger partial charge in [-0.15, -0.1) is 0 Å². The van der Waals surface area contributed by atoms with Crippen LogP contribution in [-0.2, 0) is 6.54 Å². The van der Waals surface area contributed by atoms with Gasteiger partial charge in [0.2, 0.25) is 0 Å². The maximum Gasteiger partial charge on any atom is 0.0454 e. The highest BCUT2D eigenvalue weighted by Gasteiger charge is 2.06. The van der Waals surface area contributed by atoms with Crippen LogP contribution in [0, 0.1) is 5.92 Å². The zero-order chi connectivity index (χ0) is 13.5. The van der Waals surface area contributed by atoms with Gasteiger partial charge >= 0.3 is 0 Å². The molecule has 104 valence electrons. The van der Waals surface area contributed by atoms with Gasteiger partial charge in [-0.3, -0.25) is 0 Å². The highest BCUT2D eigenvalue weighted by atomic mass is 16.3. The van der Waals surface area contributed by atoms with Crippen molar-refractivity contribution in [2.24, 2.45) is 5.92 Å². The molecule has 0 bridgehead atoms. The summed E-state index contributed by atoms with van der Waals surface area (Å²) < 4.78 is 0. The number of nitrogens with one attached hydrogen (secondary N) is 2. The molecule has 2 aromatic rings. The van der Waals surface area contributed by atoms with E-state index < -0.39 is 0 Å². The molecule has 1 aromatic carbocycles. The summed E-state index contributed by atoms with van der Waals surface area (Å²) in [4.78, 5) is 3.21. The third-order valence-corrected chi connectivity index (χ3v) is 3.61. The average Bonchev–Trinajstić information content (AvgIpc) is 2.86. The Balaban J connectivity index is 1.83. The Labute approximate surface area is 115 Å². The highest BCUT2D eigenvalue weighted by molar-refractivity contribution is 5.79. The minimum Gasteiger partial charge on any atom is -0.396 e. The number of aromatic nitrogens is 1. The molecule has 1 unspecified atom stereocenters. The van der Waals surface area contributed by atoms with Crippen molar-refractivity contribution in [3.8, 4) is 0 Å². The van der Waals surface area contributed by atoms with Crippen molar-refractivity contribution in [1.82, 2.24) is 10.3 Å². The van der Waals surface area contributed by atoms with Gasteiger partial charge < -0.3 is 15.4 Å². The number of rotatable bonds is 8. The van der Waals surface area contributed by atoms with Crippen LogP contribution >= 0.6 is 0 Å². The maximum atomic E-state index is 9.04. The van der Waals surface area contributed by atoms with E-state index >= 15 is 0 Å². The van der Waals surface area contributed by atoms with Gasteiger partial charge in [-0.2, -0.15) is 0 Å². The van der Waals surface area contributed by atoms with Crippen LogP contribution in [0.1, 0.15) is 31.7 Å². The second-order valence-electron chi connectivity index (χ2n) is 5.20. The number of H-pyrrole nitrogens is 1. The van der Waals surface area contributed by atoms with Crippen molar-refractivity contribution < 1.29 is 5.11 Å². The number of benzene rings is 1. The molecule has 0 amide bonds. The molecule has 0 aliphatic rings. The topological polar surface area (TPSA) is 48.0 Å². The van der Waals surface area contributed by atoms with Gasteiger partial charge in [0.15, 0.2) is 0 Å². The summed E-state index contributed by atoms with van der Waals surface area (Å²) in [5, 5.41) is 13.8. The molecule has 1 atom stereocenters. The third kappa shape index (κ3) is 4.08. The molecule has 19 heavy (non-hydrogen) atoms. The fraction of sp³-hybridized carbons (Fsp3) is 0.500. The standard InChI is InChI=1S/C16H24N2O/c1-2-3-13(7-9-19)11-17-12-14-4-5-16-15(10-14)6-8-18-16/h4-6,8,10,13,17-19H,2-3,7,9,11-12H2,1H3. The van der Waals surface area contributed by atoms with E-state index in [4.69, 9.17) is 5.11 Å². The molecule has 0 saturated heterocycles. The van der Waals surface area contributed by atoms with Gasteiger partial charge in [-0.1, -0.05) is 19.4 Å². The van der Waals surface area contributed by atoms with Crippen LogP contribution in [0.25, 0.3) is 10.9 Å². The quantitative estimate of drug-likeness (QED) is 0.683. The van der Waals surface area contributed by atoms with Gasteiger partial charge in [-0.05, 0) is 54.5 Å². The Morgan fingerprint density at radius 3 is 2.95 bits per heavy atom. The summed E-state index contributed by atoms with van der Waals surface area (Å²) in [6.07, 6.45) is 5.24. The van der Waals surface area contributed by atoms with E-state index in [1.807, 2.05) is 6.20 Å². The van der Waals surface area contributed by atoms with Crippen LogP contribution in [0.3, 0.4) is 0 Å². The lowest BCUT2D eigenvalue weighted by atomic mass is 10.00. The first-order valence-electron chi connectivity index (χ1n) is 7.21. The Morgan fingerprint density at radius 2 is 2.16 bits per heavy atom. The number of fused-ring (bicyclic) bond motifs is 1. The lowest BCUT2D eigenvalue weighted by molar-refractivity contribution is 0.248. The first-order chi connectivity index (χ1) is 9.33. The molecule has 2 rings (SSSR count). The second kappa shape index (κ2) is 7.31. The van der Waals surface area contributed by atoms with Gasteiger partial charge in [0, 0.05) is 24.9 Å². The molecule has 3 nitrogen and oxygen atoms in total. The highest BCUT2D eigenvalue weighted by Crippen LogP contribution is 2.14. The van der Waals surface area contributed by atoms with Gasteiger partial charge in [0.05, 0.1) is 0 Å². The van der Waals surface area contributed by atoms with Crippen LogP contribution in [-0.4, -0.2) is 23.2 Å². The molecule has 0 radical (unpaired) electrons. The van der Waals surface area contributed by atoms with Crippen LogP contribution in [0.2, 0.25) is 0 Å². The van der Waals surface area contributed by atoms with Crippen LogP contribution in [0.5, 0.6) is 0 Å². The normalized spacial score (nSPS) is 12.9. The van der Waals surface area contributed by atoms with E-state index in [1.165, 1.54) is 29.3 Å². The molecule has 0 aliphatic heterocycles. The summed E-state index contributed by atoms with van der Waals surface area (Å²) in [6.45, 7) is 4.37. The number of aromatic amines is 1. The van der Waals surface area contributed by atoms with Crippen LogP contribution in [0.15, 0.2) is 30.5 Å². The van der Waals surface area contributed by atoms with Gasteiger partial charge in [0.1, 0.15) is 0 Å². The molecular weight excluding hydrogens is 236 g/mol. The predicted molar refractivity (Wildman–Crippen MR) is 80.1 cm³/mol. The van der Waals surface area contributed by atoms with Crippen molar-refractivity contribution in [1.29, 1.82) is 0 Å². The van der Waals surface area contributed by atoms with Crippen molar-refractivity contribution in [2.45, 2.75) is 32.7 Å². The molecule has 3 N–H and O–H groups in total. The molecule has 1 heterocycles. The summed E-state index contributed by atoms with van der Waals surface area (Å²) in [5.41, 5.74) is 2.50. The smallest absolute Gasteiger partial charge is 0.0454 e. The summed E-state index contributed by atoms with van der Waals surface area (Å²) in [5.74, 6) is 0.589. The van der Waals surface area contributed by atoms with Crippen LogP contribution in [0.4, 0.5) is 0 Å². The Hall–Kier alpha value is -1.32. The largest absolute Gasteiger partial charge is 0.396 e. The van der Waals surface area contributed by atoms with Gasteiger partial charge in [0.25, 0.3) is 0 Å². The van der Waals surface area contributed by atoms with Crippen molar-refractivity contribution in [2.75, 3.05) is 13.2 Å². The molecule has 3 heteroatoms. The zero-order valence-electron chi connectivity index (χ0n) is 11.7. The van der Waals surface area contributed by atoms with E-state index in [0.717, 1.165) is 19.5 Å². The van der Waals surface area contributed by atoms with E-state index in [2.05, 4.69) is 41.5 Å². The van der Waals surface area contributed by atoms with Crippen molar-refractivity contribution in [3.05, 3.63) is 36.0 Å². The monoisotopic (exact) mass is 260 g/mol. The Morgan fingerprint density at radius 1 is 1.26 bits per heavy atom. The second-order valence-corrected chi connectivity index (χ2v) is 5.20. The van der Waals surface area contributed by atoms with Crippen molar-refractivity contribution in [3.63, 3.8) is 0 Å². The fourth-order valence-electron chi connectivity index (χ4n) is 2.57. The predicted octanol–water partition coefficient (Wildman–Crippen LogP) is 3.06. The summed E-state index contributed by atoms with van der Waals surface area (Å²) in [7, 11) is 0. The minimum atomic E-state index is 0.293. The van der Waals surface area contributed by atoms with Gasteiger partial charge in [-0.25, -0.2) is 0 Å². The first-order valence-corrected chi connectivity index (χ1v) is 7.21. The fourth-order valence-corrected chi connectivity index (χ4v) is 2.57. The molecule has 0 aliphatic carbocycles. The minimum absolute atomic E-state index is 0.293. The number of aliphatic hydroxyl groups is 1. The maximum absolute atomic E-state index is 9.04. The zero-order valence-corrected chi connectivity index (χ0v) is 11.7. The Kier molecular flexibility index (Phi) is 5.43. The van der Waals surface area contributed by atoms with E-state index in [9.17, 15) is 0 Å². The lowest BCUT2D eigenvalue weighted by Gasteiger charge is -2.15. The average molecular weight is 260 g/mol. The summed E-state index contributed by atoms with van der Waals surface area (Å²) >= 11 is 0. The van der Waals surface area contributed by atoms with E-state index in [1.54, 1.807) is 0 Å². The molecule has 0 fully saturated rings. The number of hydrogen-bond donors (Lipinski definition) is 3. The third-order valence-electron chi connectivity index (χ3n) is 3.61. The molecule has 0 saturated carbocycles.